The van der Waals surface area contributed by atoms with Crippen molar-refractivity contribution in [2.45, 2.75) is 58.8 Å². The molecule has 0 saturated carbocycles. The maximum absolute atomic E-state index is 13.9. The van der Waals surface area contributed by atoms with Gasteiger partial charge in [0.25, 0.3) is 0 Å². The predicted octanol–water partition coefficient (Wildman–Crippen LogP) is 4.59. The lowest BCUT2D eigenvalue weighted by Gasteiger charge is -2.39. The summed E-state index contributed by atoms with van der Waals surface area (Å²) in [5.74, 6) is -0.0732. The van der Waals surface area contributed by atoms with Crippen LogP contribution in [-0.2, 0) is 35.3 Å². The zero-order valence-electron chi connectivity index (χ0n) is 20.8. The molecule has 36 heavy (non-hydrogen) atoms. The molecule has 2 atom stereocenters. The molecule has 0 aliphatic carbocycles. The summed E-state index contributed by atoms with van der Waals surface area (Å²) in [7, 11) is 0. The molecule has 9 heteroatoms. The number of halogens is 3. The van der Waals surface area contributed by atoms with Gasteiger partial charge in [-0.1, -0.05) is 26.0 Å². The lowest BCUT2D eigenvalue weighted by Crippen LogP contribution is -2.50. The number of carbonyl (C=O) groups excluding carboxylic acids is 2. The van der Waals surface area contributed by atoms with Crippen molar-refractivity contribution in [1.82, 2.24) is 14.8 Å². The Hall–Kier alpha value is -2.94. The van der Waals surface area contributed by atoms with Crippen molar-refractivity contribution < 1.29 is 22.8 Å². The first-order chi connectivity index (χ1) is 17.0. The van der Waals surface area contributed by atoms with E-state index in [1.54, 1.807) is 4.90 Å². The van der Waals surface area contributed by atoms with E-state index >= 15 is 0 Å². The molecule has 0 spiro atoms. The number of fused-ring (bicyclic) bond motifs is 2. The van der Waals surface area contributed by atoms with Crippen molar-refractivity contribution in [3.05, 3.63) is 58.4 Å². The lowest BCUT2D eigenvalue weighted by atomic mass is 9.74. The number of alkyl halides is 3. The molecule has 1 N–H and O–H groups in total. The van der Waals surface area contributed by atoms with E-state index in [1.807, 2.05) is 19.1 Å². The van der Waals surface area contributed by atoms with Crippen LogP contribution < -0.4 is 5.32 Å². The Kier molecular flexibility index (Phi) is 6.09. The molecule has 6 nitrogen and oxygen atoms in total. The highest BCUT2D eigenvalue weighted by atomic mass is 19.4. The van der Waals surface area contributed by atoms with E-state index in [9.17, 15) is 22.8 Å². The molecule has 2 unspecified atom stereocenters. The summed E-state index contributed by atoms with van der Waals surface area (Å²) in [4.78, 5) is 33.9. The smallest absolute Gasteiger partial charge is 0.337 e. The molecule has 3 aliphatic heterocycles. The minimum atomic E-state index is -4.46. The quantitative estimate of drug-likeness (QED) is 0.667. The maximum atomic E-state index is 13.9. The van der Waals surface area contributed by atoms with Crippen LogP contribution in [0.5, 0.6) is 0 Å². The van der Waals surface area contributed by atoms with Crippen LogP contribution in [0.3, 0.4) is 0 Å². The van der Waals surface area contributed by atoms with Gasteiger partial charge in [-0.25, -0.2) is 0 Å². The number of nitrogens with zero attached hydrogens (tertiary/aromatic N) is 3. The molecule has 0 bridgehead atoms. The molecule has 4 heterocycles. The fraction of sp³-hybridized carbons (Fsp3) is 0.519. The number of hydrogen-bond donors (Lipinski definition) is 1. The Bertz CT molecular complexity index is 1210. The number of anilines is 1. The second-order valence-corrected chi connectivity index (χ2v) is 10.7. The summed E-state index contributed by atoms with van der Waals surface area (Å²) in [6.07, 6.45) is -2.42. The standard InChI is InChI=1S/C27H31F3N4O2/c1-16(2)26(25(36)34-8-6-22-19(14-34)11-20(12-31-22)27(28,29)30)7-9-33(15-26)13-18-4-5-23-21(10-18)17(3)24(35)32-23/h4-5,10-12,16-17H,6-9,13-15H2,1-3H3,(H,32,35). The lowest BCUT2D eigenvalue weighted by molar-refractivity contribution is -0.145. The van der Waals surface area contributed by atoms with Crippen LogP contribution in [0.25, 0.3) is 0 Å². The van der Waals surface area contributed by atoms with E-state index in [4.69, 9.17) is 0 Å². The Morgan fingerprint density at radius 2 is 2.03 bits per heavy atom. The van der Waals surface area contributed by atoms with E-state index < -0.39 is 17.2 Å². The molecule has 3 aliphatic rings. The number of hydrogen-bond acceptors (Lipinski definition) is 4. The zero-order valence-corrected chi connectivity index (χ0v) is 20.8. The third-order valence-electron chi connectivity index (χ3n) is 8.20. The minimum absolute atomic E-state index is 0.00778. The highest BCUT2D eigenvalue weighted by Gasteiger charge is 2.49. The van der Waals surface area contributed by atoms with Crippen LogP contribution in [0.15, 0.2) is 30.5 Å². The van der Waals surface area contributed by atoms with E-state index in [2.05, 4.69) is 35.1 Å². The Labute approximate surface area is 208 Å². The Balaban J connectivity index is 1.32. The fourth-order valence-electron chi connectivity index (χ4n) is 5.83. The molecule has 5 rings (SSSR count). The van der Waals surface area contributed by atoms with Gasteiger partial charge in [0.05, 0.1) is 16.9 Å². The van der Waals surface area contributed by atoms with Crippen molar-refractivity contribution in [3.8, 4) is 0 Å². The summed E-state index contributed by atoms with van der Waals surface area (Å²) < 4.78 is 39.6. The number of carbonyl (C=O) groups is 2. The van der Waals surface area contributed by atoms with Crippen molar-refractivity contribution in [1.29, 1.82) is 0 Å². The molecule has 192 valence electrons. The van der Waals surface area contributed by atoms with E-state index in [1.165, 1.54) is 0 Å². The molecule has 1 fully saturated rings. The van der Waals surface area contributed by atoms with E-state index in [-0.39, 0.29) is 30.2 Å². The van der Waals surface area contributed by atoms with Gasteiger partial charge in [0.2, 0.25) is 11.8 Å². The molecule has 1 saturated heterocycles. The maximum Gasteiger partial charge on any atom is 0.417 e. The third-order valence-corrected chi connectivity index (χ3v) is 8.20. The molecule has 0 radical (unpaired) electrons. The van der Waals surface area contributed by atoms with Crippen LogP contribution in [-0.4, -0.2) is 46.2 Å². The van der Waals surface area contributed by atoms with Gasteiger partial charge in [-0.15, -0.1) is 0 Å². The Morgan fingerprint density at radius 1 is 1.25 bits per heavy atom. The summed E-state index contributed by atoms with van der Waals surface area (Å²) in [6, 6.07) is 7.17. The van der Waals surface area contributed by atoms with Gasteiger partial charge >= 0.3 is 6.18 Å². The number of benzene rings is 1. The van der Waals surface area contributed by atoms with Crippen LogP contribution in [0, 0.1) is 11.3 Å². The largest absolute Gasteiger partial charge is 0.417 e. The highest BCUT2D eigenvalue weighted by Crippen LogP contribution is 2.42. The zero-order chi connectivity index (χ0) is 25.8. The molecular formula is C27H31F3N4O2. The van der Waals surface area contributed by atoms with Crippen molar-refractivity contribution >= 4 is 17.5 Å². The SMILES string of the molecule is CC1C(=O)Nc2ccc(CN3CCC(C(=O)N4CCc5ncc(C(F)(F)F)cc5C4)(C(C)C)C3)cc21. The average molecular weight is 501 g/mol. The molecule has 1 aromatic heterocycles. The molecular weight excluding hydrogens is 469 g/mol. The van der Waals surface area contributed by atoms with Gasteiger partial charge in [0, 0.05) is 50.2 Å². The van der Waals surface area contributed by atoms with Crippen LogP contribution in [0.4, 0.5) is 18.9 Å². The number of likely N-dealkylation sites (tertiary alicyclic amines) is 1. The van der Waals surface area contributed by atoms with Crippen molar-refractivity contribution in [3.63, 3.8) is 0 Å². The summed E-state index contributed by atoms with van der Waals surface area (Å²) in [6.45, 7) is 8.65. The minimum Gasteiger partial charge on any atom is -0.337 e. The predicted molar refractivity (Wildman–Crippen MR) is 129 cm³/mol. The third kappa shape index (κ3) is 4.27. The molecule has 1 aromatic carbocycles. The first kappa shape index (κ1) is 24.7. The first-order valence-corrected chi connectivity index (χ1v) is 12.5. The average Bonchev–Trinajstić information content (AvgIpc) is 3.39. The van der Waals surface area contributed by atoms with Gasteiger partial charge in [0.15, 0.2) is 0 Å². The van der Waals surface area contributed by atoms with Gasteiger partial charge in [-0.3, -0.25) is 19.5 Å². The summed E-state index contributed by atoms with van der Waals surface area (Å²) in [5, 5.41) is 2.90. The Morgan fingerprint density at radius 3 is 2.75 bits per heavy atom. The first-order valence-electron chi connectivity index (χ1n) is 12.5. The van der Waals surface area contributed by atoms with Crippen molar-refractivity contribution in [2.75, 3.05) is 25.0 Å². The van der Waals surface area contributed by atoms with Gasteiger partial charge in [-0.2, -0.15) is 13.2 Å². The number of aromatic nitrogens is 1. The summed E-state index contributed by atoms with van der Waals surface area (Å²) >= 11 is 0. The van der Waals surface area contributed by atoms with Gasteiger partial charge < -0.3 is 10.2 Å². The highest BCUT2D eigenvalue weighted by molar-refractivity contribution is 6.02. The normalized spacial score (nSPS) is 24.1. The molecule has 2 aromatic rings. The number of amides is 2. The van der Waals surface area contributed by atoms with Crippen LogP contribution in [0.1, 0.15) is 61.1 Å². The second kappa shape index (κ2) is 8.87. The monoisotopic (exact) mass is 500 g/mol. The van der Waals surface area contributed by atoms with E-state index in [0.717, 1.165) is 35.6 Å². The van der Waals surface area contributed by atoms with Gasteiger partial charge in [0.1, 0.15) is 0 Å². The topological polar surface area (TPSA) is 65.5 Å². The van der Waals surface area contributed by atoms with E-state index in [0.29, 0.717) is 43.7 Å². The molecule has 2 amide bonds. The van der Waals surface area contributed by atoms with Crippen LogP contribution >= 0.6 is 0 Å². The summed E-state index contributed by atoms with van der Waals surface area (Å²) in [5.41, 5.74) is 2.71. The fourth-order valence-corrected chi connectivity index (χ4v) is 5.83. The number of rotatable bonds is 4. The number of nitrogens with one attached hydrogen (secondary N) is 1. The number of pyridine rings is 1. The van der Waals surface area contributed by atoms with Gasteiger partial charge in [-0.05, 0) is 54.6 Å². The van der Waals surface area contributed by atoms with Crippen molar-refractivity contribution in [2.24, 2.45) is 11.3 Å². The second-order valence-electron chi connectivity index (χ2n) is 10.7. The van der Waals surface area contributed by atoms with Crippen LogP contribution in [0.2, 0.25) is 0 Å².